The van der Waals surface area contributed by atoms with Crippen LogP contribution in [0.25, 0.3) is 11.1 Å². The molecule has 0 saturated carbocycles. The molecule has 1 aromatic carbocycles. The number of para-hydroxylation sites is 1. The van der Waals surface area contributed by atoms with E-state index in [0.29, 0.717) is 23.8 Å². The SMILES string of the molecule is CCOc1c(C=O)cccc1-c1ccnc(OC)c1. The summed E-state index contributed by atoms with van der Waals surface area (Å²) in [5.74, 6) is 1.12. The van der Waals surface area contributed by atoms with Crippen LogP contribution in [0.2, 0.25) is 0 Å². The summed E-state index contributed by atoms with van der Waals surface area (Å²) >= 11 is 0. The molecule has 0 bridgehead atoms. The third kappa shape index (κ3) is 2.73. The number of aldehydes is 1. The highest BCUT2D eigenvalue weighted by Crippen LogP contribution is 2.33. The summed E-state index contributed by atoms with van der Waals surface area (Å²) in [6.45, 7) is 2.39. The zero-order valence-electron chi connectivity index (χ0n) is 10.9. The van der Waals surface area contributed by atoms with Gasteiger partial charge in [0.05, 0.1) is 19.3 Å². The molecule has 0 unspecified atom stereocenters. The number of rotatable bonds is 5. The van der Waals surface area contributed by atoms with Gasteiger partial charge in [-0.15, -0.1) is 0 Å². The number of carbonyl (C=O) groups is 1. The molecule has 2 rings (SSSR count). The lowest BCUT2D eigenvalue weighted by Gasteiger charge is -2.12. The Morgan fingerprint density at radius 1 is 1.32 bits per heavy atom. The molecule has 0 saturated heterocycles. The van der Waals surface area contributed by atoms with Gasteiger partial charge in [0.15, 0.2) is 6.29 Å². The van der Waals surface area contributed by atoms with E-state index in [1.807, 2.05) is 31.2 Å². The average Bonchev–Trinajstić information content (AvgIpc) is 2.48. The van der Waals surface area contributed by atoms with Gasteiger partial charge in [-0.05, 0) is 24.6 Å². The summed E-state index contributed by atoms with van der Waals surface area (Å²) in [5, 5.41) is 0. The van der Waals surface area contributed by atoms with E-state index < -0.39 is 0 Å². The summed E-state index contributed by atoms with van der Waals surface area (Å²) in [7, 11) is 1.57. The molecule has 0 N–H and O–H groups in total. The lowest BCUT2D eigenvalue weighted by molar-refractivity contribution is 0.112. The second-order valence-corrected chi connectivity index (χ2v) is 3.86. The number of hydrogen-bond donors (Lipinski definition) is 0. The van der Waals surface area contributed by atoms with Gasteiger partial charge in [-0.2, -0.15) is 0 Å². The number of hydrogen-bond acceptors (Lipinski definition) is 4. The minimum absolute atomic E-state index is 0.500. The lowest BCUT2D eigenvalue weighted by Crippen LogP contribution is -1.98. The van der Waals surface area contributed by atoms with E-state index in [9.17, 15) is 4.79 Å². The minimum atomic E-state index is 0.500. The van der Waals surface area contributed by atoms with E-state index in [1.54, 1.807) is 19.4 Å². The van der Waals surface area contributed by atoms with Crippen LogP contribution < -0.4 is 9.47 Å². The van der Waals surface area contributed by atoms with Gasteiger partial charge in [0.25, 0.3) is 0 Å². The fourth-order valence-corrected chi connectivity index (χ4v) is 1.87. The number of carbonyl (C=O) groups excluding carboxylic acids is 1. The highest BCUT2D eigenvalue weighted by atomic mass is 16.5. The zero-order chi connectivity index (χ0) is 13.7. The van der Waals surface area contributed by atoms with Crippen molar-refractivity contribution in [2.45, 2.75) is 6.92 Å². The largest absolute Gasteiger partial charge is 0.492 e. The van der Waals surface area contributed by atoms with Gasteiger partial charge >= 0.3 is 0 Å². The number of methoxy groups -OCH3 is 1. The molecule has 0 fully saturated rings. The van der Waals surface area contributed by atoms with Crippen LogP contribution >= 0.6 is 0 Å². The first-order valence-electron chi connectivity index (χ1n) is 6.01. The fourth-order valence-electron chi connectivity index (χ4n) is 1.87. The second-order valence-electron chi connectivity index (χ2n) is 3.86. The summed E-state index contributed by atoms with van der Waals surface area (Å²) < 4.78 is 10.7. The number of pyridine rings is 1. The van der Waals surface area contributed by atoms with E-state index >= 15 is 0 Å². The smallest absolute Gasteiger partial charge is 0.213 e. The third-order valence-electron chi connectivity index (χ3n) is 2.72. The van der Waals surface area contributed by atoms with Crippen LogP contribution in [0.5, 0.6) is 11.6 Å². The van der Waals surface area contributed by atoms with Crippen LogP contribution in [-0.2, 0) is 0 Å². The van der Waals surface area contributed by atoms with E-state index in [4.69, 9.17) is 9.47 Å². The van der Waals surface area contributed by atoms with Gasteiger partial charge < -0.3 is 9.47 Å². The van der Waals surface area contributed by atoms with Crippen molar-refractivity contribution in [2.24, 2.45) is 0 Å². The van der Waals surface area contributed by atoms with Crippen LogP contribution in [0.15, 0.2) is 36.5 Å². The molecule has 0 spiro atoms. The van der Waals surface area contributed by atoms with Crippen molar-refractivity contribution in [3.8, 4) is 22.8 Å². The Hall–Kier alpha value is -2.36. The van der Waals surface area contributed by atoms with Gasteiger partial charge in [-0.3, -0.25) is 4.79 Å². The first-order chi connectivity index (χ1) is 9.30. The molecule has 0 atom stereocenters. The van der Waals surface area contributed by atoms with E-state index in [0.717, 1.165) is 17.4 Å². The zero-order valence-corrected chi connectivity index (χ0v) is 10.9. The molecule has 4 heteroatoms. The molecule has 0 amide bonds. The minimum Gasteiger partial charge on any atom is -0.492 e. The Morgan fingerprint density at radius 3 is 2.84 bits per heavy atom. The van der Waals surface area contributed by atoms with Crippen LogP contribution in [0.4, 0.5) is 0 Å². The van der Waals surface area contributed by atoms with Crippen molar-refractivity contribution in [3.05, 3.63) is 42.1 Å². The van der Waals surface area contributed by atoms with Gasteiger partial charge in [-0.1, -0.05) is 12.1 Å². The molecule has 4 nitrogen and oxygen atoms in total. The average molecular weight is 257 g/mol. The monoisotopic (exact) mass is 257 g/mol. The van der Waals surface area contributed by atoms with Crippen LogP contribution in [0, 0.1) is 0 Å². The van der Waals surface area contributed by atoms with Crippen LogP contribution in [0.1, 0.15) is 17.3 Å². The molecule has 1 heterocycles. The first kappa shape index (κ1) is 13.1. The van der Waals surface area contributed by atoms with E-state index in [2.05, 4.69) is 4.98 Å². The molecule has 19 heavy (non-hydrogen) atoms. The highest BCUT2D eigenvalue weighted by molar-refractivity contribution is 5.86. The molecular weight excluding hydrogens is 242 g/mol. The maximum atomic E-state index is 11.1. The highest BCUT2D eigenvalue weighted by Gasteiger charge is 2.11. The predicted octanol–water partition coefficient (Wildman–Crippen LogP) is 2.97. The normalized spacial score (nSPS) is 10.0. The number of aromatic nitrogens is 1. The van der Waals surface area contributed by atoms with Crippen LogP contribution in [-0.4, -0.2) is 25.0 Å². The lowest BCUT2D eigenvalue weighted by atomic mass is 10.0. The summed E-state index contributed by atoms with van der Waals surface area (Å²) in [6, 6.07) is 9.14. The number of nitrogens with zero attached hydrogens (tertiary/aromatic N) is 1. The quantitative estimate of drug-likeness (QED) is 0.773. The molecule has 0 radical (unpaired) electrons. The summed E-state index contributed by atoms with van der Waals surface area (Å²) in [5.41, 5.74) is 2.29. The Bertz CT molecular complexity index is 581. The molecule has 0 aliphatic carbocycles. The van der Waals surface area contributed by atoms with Gasteiger partial charge in [0.2, 0.25) is 5.88 Å². The standard InChI is InChI=1S/C15H15NO3/c1-3-19-15-12(10-17)5-4-6-13(15)11-7-8-16-14(9-11)18-2/h4-10H,3H2,1-2H3. The topological polar surface area (TPSA) is 48.4 Å². The molecule has 1 aromatic heterocycles. The van der Waals surface area contributed by atoms with Crippen molar-refractivity contribution in [1.82, 2.24) is 4.98 Å². The molecule has 0 aliphatic heterocycles. The second kappa shape index (κ2) is 6.00. The van der Waals surface area contributed by atoms with Crippen molar-refractivity contribution in [3.63, 3.8) is 0 Å². The van der Waals surface area contributed by atoms with Crippen molar-refractivity contribution in [2.75, 3.05) is 13.7 Å². The van der Waals surface area contributed by atoms with Crippen LogP contribution in [0.3, 0.4) is 0 Å². The Morgan fingerprint density at radius 2 is 2.16 bits per heavy atom. The Balaban J connectivity index is 2.56. The van der Waals surface area contributed by atoms with Gasteiger partial charge in [-0.25, -0.2) is 4.98 Å². The summed E-state index contributed by atoms with van der Waals surface area (Å²) in [6.07, 6.45) is 2.46. The van der Waals surface area contributed by atoms with E-state index in [1.165, 1.54) is 0 Å². The van der Waals surface area contributed by atoms with Crippen molar-refractivity contribution in [1.29, 1.82) is 0 Å². The maximum absolute atomic E-state index is 11.1. The number of benzene rings is 1. The summed E-state index contributed by atoms with van der Waals surface area (Å²) in [4.78, 5) is 15.2. The molecular formula is C15H15NO3. The van der Waals surface area contributed by atoms with Crippen molar-refractivity contribution < 1.29 is 14.3 Å². The molecule has 0 aliphatic rings. The predicted molar refractivity (Wildman–Crippen MR) is 72.8 cm³/mol. The van der Waals surface area contributed by atoms with E-state index in [-0.39, 0.29) is 0 Å². The van der Waals surface area contributed by atoms with Crippen molar-refractivity contribution >= 4 is 6.29 Å². The third-order valence-corrected chi connectivity index (χ3v) is 2.72. The number of ether oxygens (including phenoxy) is 2. The Labute approximate surface area is 112 Å². The van der Waals surface area contributed by atoms with Gasteiger partial charge in [0, 0.05) is 17.8 Å². The molecule has 2 aromatic rings. The molecule has 98 valence electrons. The fraction of sp³-hybridized carbons (Fsp3) is 0.200. The first-order valence-corrected chi connectivity index (χ1v) is 6.01. The maximum Gasteiger partial charge on any atom is 0.213 e. The Kier molecular flexibility index (Phi) is 4.13. The van der Waals surface area contributed by atoms with Gasteiger partial charge in [0.1, 0.15) is 5.75 Å².